The van der Waals surface area contributed by atoms with Crippen molar-refractivity contribution in [2.24, 2.45) is 4.99 Å². The zero-order valence-corrected chi connectivity index (χ0v) is 18.2. The third-order valence-electron chi connectivity index (χ3n) is 3.95. The summed E-state index contributed by atoms with van der Waals surface area (Å²) in [5.41, 5.74) is 3.42. The van der Waals surface area contributed by atoms with Crippen molar-refractivity contribution in [1.29, 1.82) is 0 Å². The normalized spacial score (nSPS) is 11.1. The highest BCUT2D eigenvalue weighted by Crippen LogP contribution is 2.23. The maximum atomic E-state index is 5.55. The van der Waals surface area contributed by atoms with Crippen molar-refractivity contribution >= 4 is 41.3 Å². The van der Waals surface area contributed by atoms with Crippen molar-refractivity contribution in [2.75, 3.05) is 14.1 Å². The summed E-state index contributed by atoms with van der Waals surface area (Å²) in [5, 5.41) is 5.35. The van der Waals surface area contributed by atoms with Crippen LogP contribution < -0.4 is 5.32 Å². The minimum Gasteiger partial charge on any atom is -0.443 e. The van der Waals surface area contributed by atoms with Crippen LogP contribution in [0.1, 0.15) is 16.8 Å². The molecule has 2 heterocycles. The van der Waals surface area contributed by atoms with E-state index in [9.17, 15) is 0 Å². The molecule has 7 heteroatoms. The standard InChI is InChI=1S/C19H22N4OS.HI/c1-14-7-4-5-8-15(14)12-23(3)19(20-2)21-11-16-13-24-18(22-16)17-9-6-10-25-17;/h4-10,13H,11-12H2,1-3H3,(H,20,21);1H. The predicted molar refractivity (Wildman–Crippen MR) is 118 cm³/mol. The number of aliphatic imine (C=N–C) groups is 1. The second-order valence-electron chi connectivity index (χ2n) is 5.80. The summed E-state index contributed by atoms with van der Waals surface area (Å²) < 4.78 is 5.55. The first-order chi connectivity index (χ1) is 12.2. The van der Waals surface area contributed by atoms with Crippen molar-refractivity contribution in [3.05, 3.63) is 64.9 Å². The van der Waals surface area contributed by atoms with Gasteiger partial charge in [-0.25, -0.2) is 4.98 Å². The molecule has 2 aromatic heterocycles. The van der Waals surface area contributed by atoms with Gasteiger partial charge >= 0.3 is 0 Å². The summed E-state index contributed by atoms with van der Waals surface area (Å²) in [7, 11) is 3.82. The molecule has 26 heavy (non-hydrogen) atoms. The fraction of sp³-hybridized carbons (Fsp3) is 0.263. The van der Waals surface area contributed by atoms with Crippen molar-refractivity contribution in [1.82, 2.24) is 15.2 Å². The molecular weight excluding hydrogens is 459 g/mol. The second kappa shape index (κ2) is 9.72. The first-order valence-corrected chi connectivity index (χ1v) is 9.00. The van der Waals surface area contributed by atoms with E-state index in [4.69, 9.17) is 4.42 Å². The second-order valence-corrected chi connectivity index (χ2v) is 6.75. The molecular formula is C19H23IN4OS. The summed E-state index contributed by atoms with van der Waals surface area (Å²) in [4.78, 5) is 12.0. The largest absolute Gasteiger partial charge is 0.443 e. The van der Waals surface area contributed by atoms with Crippen LogP contribution in [0, 0.1) is 6.92 Å². The molecule has 0 saturated carbocycles. The highest BCUT2D eigenvalue weighted by atomic mass is 127. The van der Waals surface area contributed by atoms with Crippen LogP contribution in [0.3, 0.4) is 0 Å². The molecule has 0 aliphatic rings. The molecule has 0 spiro atoms. The van der Waals surface area contributed by atoms with Crippen LogP contribution in [-0.2, 0) is 13.1 Å². The van der Waals surface area contributed by atoms with Gasteiger partial charge in [0, 0.05) is 20.6 Å². The summed E-state index contributed by atoms with van der Waals surface area (Å²) in [6.45, 7) is 3.49. The molecule has 0 amide bonds. The zero-order valence-electron chi connectivity index (χ0n) is 15.1. The number of halogens is 1. The van der Waals surface area contributed by atoms with Gasteiger partial charge in [0.2, 0.25) is 5.89 Å². The Morgan fingerprint density at radius 2 is 2.08 bits per heavy atom. The number of nitrogens with one attached hydrogen (secondary N) is 1. The number of hydrogen-bond acceptors (Lipinski definition) is 4. The molecule has 0 fully saturated rings. The lowest BCUT2D eigenvalue weighted by molar-refractivity contribution is 0.474. The molecule has 138 valence electrons. The molecule has 0 bridgehead atoms. The SMILES string of the molecule is CN=C(NCc1coc(-c2cccs2)n1)N(C)Cc1ccccc1C.I. The molecule has 0 aliphatic carbocycles. The van der Waals surface area contributed by atoms with E-state index >= 15 is 0 Å². The fourth-order valence-corrected chi connectivity index (χ4v) is 3.23. The highest BCUT2D eigenvalue weighted by Gasteiger charge is 2.11. The Kier molecular flexibility index (Phi) is 7.65. The molecule has 3 rings (SSSR count). The van der Waals surface area contributed by atoms with E-state index in [2.05, 4.69) is 51.4 Å². The molecule has 0 atom stereocenters. The van der Waals surface area contributed by atoms with E-state index in [1.807, 2.05) is 24.6 Å². The number of thiophene rings is 1. The van der Waals surface area contributed by atoms with E-state index in [1.54, 1.807) is 24.6 Å². The monoisotopic (exact) mass is 482 g/mol. The van der Waals surface area contributed by atoms with Crippen molar-refractivity contribution < 1.29 is 4.42 Å². The van der Waals surface area contributed by atoms with Gasteiger partial charge in [-0.05, 0) is 29.5 Å². The first kappa shape index (κ1) is 20.4. The minimum atomic E-state index is 0. The topological polar surface area (TPSA) is 53.7 Å². The molecule has 1 N–H and O–H groups in total. The fourth-order valence-electron chi connectivity index (χ4n) is 2.57. The lowest BCUT2D eigenvalue weighted by atomic mass is 10.1. The number of hydrogen-bond donors (Lipinski definition) is 1. The highest BCUT2D eigenvalue weighted by molar-refractivity contribution is 14.0. The van der Waals surface area contributed by atoms with E-state index in [1.165, 1.54) is 11.1 Å². The van der Waals surface area contributed by atoms with E-state index < -0.39 is 0 Å². The van der Waals surface area contributed by atoms with Crippen LogP contribution in [0.5, 0.6) is 0 Å². The molecule has 0 saturated heterocycles. The van der Waals surface area contributed by atoms with Crippen LogP contribution >= 0.6 is 35.3 Å². The van der Waals surface area contributed by atoms with E-state index in [0.717, 1.165) is 23.1 Å². The summed E-state index contributed by atoms with van der Waals surface area (Å²) in [6.07, 6.45) is 1.69. The lowest BCUT2D eigenvalue weighted by Gasteiger charge is -2.22. The van der Waals surface area contributed by atoms with Gasteiger partial charge in [-0.2, -0.15) is 0 Å². The molecule has 5 nitrogen and oxygen atoms in total. The van der Waals surface area contributed by atoms with Gasteiger partial charge in [-0.3, -0.25) is 4.99 Å². The Bertz CT molecular complexity index is 845. The Hall–Kier alpha value is -1.87. The molecule has 0 aliphatic heterocycles. The number of rotatable bonds is 5. The Morgan fingerprint density at radius 1 is 1.27 bits per heavy atom. The van der Waals surface area contributed by atoms with Crippen LogP contribution in [0.25, 0.3) is 10.8 Å². The summed E-state index contributed by atoms with van der Waals surface area (Å²) >= 11 is 1.62. The molecule has 3 aromatic rings. The Balaban J connectivity index is 0.00000243. The van der Waals surface area contributed by atoms with Gasteiger partial charge in [0.15, 0.2) is 5.96 Å². The number of benzene rings is 1. The van der Waals surface area contributed by atoms with Gasteiger partial charge in [-0.15, -0.1) is 35.3 Å². The molecule has 0 unspecified atom stereocenters. The van der Waals surface area contributed by atoms with E-state index in [0.29, 0.717) is 12.4 Å². The third-order valence-corrected chi connectivity index (χ3v) is 4.81. The van der Waals surface area contributed by atoms with Crippen molar-refractivity contribution in [3.8, 4) is 10.8 Å². The maximum Gasteiger partial charge on any atom is 0.236 e. The predicted octanol–water partition coefficient (Wildman–Crippen LogP) is 4.54. The van der Waals surface area contributed by atoms with Gasteiger partial charge in [0.05, 0.1) is 17.1 Å². The number of aromatic nitrogens is 1. The van der Waals surface area contributed by atoms with Crippen LogP contribution in [0.4, 0.5) is 0 Å². The average Bonchev–Trinajstić information content (AvgIpc) is 3.28. The number of nitrogens with zero attached hydrogens (tertiary/aromatic N) is 3. The molecule has 0 radical (unpaired) electrons. The third kappa shape index (κ3) is 5.07. The lowest BCUT2D eigenvalue weighted by Crippen LogP contribution is -2.38. The van der Waals surface area contributed by atoms with E-state index in [-0.39, 0.29) is 24.0 Å². The van der Waals surface area contributed by atoms with Gasteiger partial charge < -0.3 is 14.6 Å². The molecule has 1 aromatic carbocycles. The van der Waals surface area contributed by atoms with Gasteiger partial charge in [-0.1, -0.05) is 30.3 Å². The van der Waals surface area contributed by atoms with Gasteiger partial charge in [0.1, 0.15) is 6.26 Å². The van der Waals surface area contributed by atoms with Crippen molar-refractivity contribution in [3.63, 3.8) is 0 Å². The smallest absolute Gasteiger partial charge is 0.236 e. The van der Waals surface area contributed by atoms with Crippen LogP contribution in [0.2, 0.25) is 0 Å². The summed E-state index contributed by atoms with van der Waals surface area (Å²) in [5.74, 6) is 1.49. The number of aryl methyl sites for hydroxylation is 1. The number of oxazole rings is 1. The average molecular weight is 482 g/mol. The number of guanidine groups is 1. The minimum absolute atomic E-state index is 0. The Morgan fingerprint density at radius 3 is 2.77 bits per heavy atom. The maximum absolute atomic E-state index is 5.55. The quantitative estimate of drug-likeness (QED) is 0.330. The summed E-state index contributed by atoms with van der Waals surface area (Å²) in [6, 6.07) is 12.4. The van der Waals surface area contributed by atoms with Crippen molar-refractivity contribution in [2.45, 2.75) is 20.0 Å². The van der Waals surface area contributed by atoms with Crippen LogP contribution in [-0.4, -0.2) is 29.9 Å². The van der Waals surface area contributed by atoms with Gasteiger partial charge in [0.25, 0.3) is 0 Å². The van der Waals surface area contributed by atoms with Crippen LogP contribution in [0.15, 0.2) is 57.5 Å². The Labute approximate surface area is 175 Å². The first-order valence-electron chi connectivity index (χ1n) is 8.12. The zero-order chi connectivity index (χ0) is 17.6.